The SMILES string of the molecule is O=C(C[C@@H]1[C@@H](O)[C@H](O[C@H]2O[C@H](CO)[C@@H](O)[C@H](O)[C@H]2O)[C@@H](CO)O[C@H]1O)c1ccc(O)cc1. The van der Waals surface area contributed by atoms with Crippen LogP contribution in [0.5, 0.6) is 5.75 Å². The van der Waals surface area contributed by atoms with Gasteiger partial charge in [-0.25, -0.2) is 0 Å². The average Bonchev–Trinajstić information content (AvgIpc) is 2.78. The van der Waals surface area contributed by atoms with E-state index in [4.69, 9.17) is 14.2 Å². The van der Waals surface area contributed by atoms with Crippen molar-refractivity contribution in [3.05, 3.63) is 29.8 Å². The van der Waals surface area contributed by atoms with Crippen LogP contribution in [0.1, 0.15) is 16.8 Å². The Morgan fingerprint density at radius 3 is 2.06 bits per heavy atom. The summed E-state index contributed by atoms with van der Waals surface area (Å²) in [4.78, 5) is 12.6. The van der Waals surface area contributed by atoms with Crippen molar-refractivity contribution in [2.24, 2.45) is 5.92 Å². The molecule has 0 amide bonds. The first-order valence-electron chi connectivity index (χ1n) is 10.1. The van der Waals surface area contributed by atoms with Gasteiger partial charge in [0.05, 0.1) is 19.3 Å². The number of ketones is 1. The van der Waals surface area contributed by atoms with Crippen LogP contribution in [0.15, 0.2) is 24.3 Å². The summed E-state index contributed by atoms with van der Waals surface area (Å²) < 4.78 is 16.1. The van der Waals surface area contributed by atoms with Crippen LogP contribution >= 0.6 is 0 Å². The number of aliphatic hydroxyl groups is 7. The van der Waals surface area contributed by atoms with Gasteiger partial charge in [-0.05, 0) is 24.3 Å². The Balaban J connectivity index is 1.75. The van der Waals surface area contributed by atoms with Crippen molar-refractivity contribution in [1.29, 1.82) is 0 Å². The van der Waals surface area contributed by atoms with Crippen molar-refractivity contribution in [3.63, 3.8) is 0 Å². The molecule has 10 atom stereocenters. The summed E-state index contributed by atoms with van der Waals surface area (Å²) in [6.45, 7) is -1.39. The number of aliphatic hydroxyl groups excluding tert-OH is 7. The van der Waals surface area contributed by atoms with Gasteiger partial charge in [0.25, 0.3) is 0 Å². The highest BCUT2D eigenvalue weighted by Gasteiger charge is 2.50. The van der Waals surface area contributed by atoms with Crippen LogP contribution in [0.25, 0.3) is 0 Å². The van der Waals surface area contributed by atoms with E-state index in [0.717, 1.165) is 0 Å². The number of benzene rings is 1. The van der Waals surface area contributed by atoms with E-state index in [9.17, 15) is 45.6 Å². The number of phenols is 1. The molecule has 0 bridgehead atoms. The third-order valence-corrected chi connectivity index (χ3v) is 5.75. The smallest absolute Gasteiger partial charge is 0.187 e. The van der Waals surface area contributed by atoms with Crippen LogP contribution in [0.2, 0.25) is 0 Å². The molecular weight excluding hydrogens is 432 g/mol. The standard InChI is InChI=1S/C20H28O12/c21-6-12-15(26)16(27)17(28)20(31-12)32-18-13(7-22)30-19(29)10(14(18)25)5-11(24)8-1-3-9(23)4-2-8/h1-4,10,12-23,25-29H,5-7H2/t10-,12-,13-,14-,15-,16+,17-,18-,19-,20-/m1/s1. The summed E-state index contributed by atoms with van der Waals surface area (Å²) >= 11 is 0. The van der Waals surface area contributed by atoms with E-state index in [1.807, 2.05) is 0 Å². The van der Waals surface area contributed by atoms with Gasteiger partial charge in [0, 0.05) is 17.9 Å². The molecule has 2 heterocycles. The molecule has 2 aliphatic rings. The Morgan fingerprint density at radius 1 is 0.844 bits per heavy atom. The predicted molar refractivity (Wildman–Crippen MR) is 103 cm³/mol. The molecule has 3 rings (SSSR count). The fourth-order valence-electron chi connectivity index (χ4n) is 3.84. The maximum absolute atomic E-state index is 12.6. The monoisotopic (exact) mass is 460 g/mol. The zero-order chi connectivity index (χ0) is 23.6. The van der Waals surface area contributed by atoms with E-state index >= 15 is 0 Å². The molecule has 1 aromatic carbocycles. The van der Waals surface area contributed by atoms with E-state index in [-0.39, 0.29) is 17.7 Å². The first kappa shape index (κ1) is 24.9. The molecule has 8 N–H and O–H groups in total. The number of carbonyl (C=O) groups is 1. The Labute approximate surface area is 182 Å². The third kappa shape index (κ3) is 5.10. The van der Waals surface area contributed by atoms with E-state index < -0.39 is 80.2 Å². The highest BCUT2D eigenvalue weighted by atomic mass is 16.7. The van der Waals surface area contributed by atoms with Crippen LogP contribution in [0.4, 0.5) is 0 Å². The lowest BCUT2D eigenvalue weighted by Gasteiger charge is -2.46. The van der Waals surface area contributed by atoms with Crippen molar-refractivity contribution < 1.29 is 59.9 Å². The second-order valence-corrected chi connectivity index (χ2v) is 7.87. The van der Waals surface area contributed by atoms with Crippen LogP contribution in [0, 0.1) is 5.92 Å². The highest BCUT2D eigenvalue weighted by Crippen LogP contribution is 2.33. The number of hydrogen-bond acceptors (Lipinski definition) is 12. The van der Waals surface area contributed by atoms with Crippen molar-refractivity contribution >= 4 is 5.78 Å². The first-order chi connectivity index (χ1) is 15.2. The maximum Gasteiger partial charge on any atom is 0.187 e. The van der Waals surface area contributed by atoms with Crippen LogP contribution < -0.4 is 0 Å². The summed E-state index contributed by atoms with van der Waals surface area (Å²) in [6.07, 6.45) is -14.2. The van der Waals surface area contributed by atoms with Gasteiger partial charge in [-0.1, -0.05) is 0 Å². The molecule has 2 aliphatic heterocycles. The molecule has 12 heteroatoms. The topological polar surface area (TPSA) is 207 Å². The van der Waals surface area contributed by atoms with Gasteiger partial charge in [-0.15, -0.1) is 0 Å². The summed E-state index contributed by atoms with van der Waals surface area (Å²) in [5.41, 5.74) is 0.220. The number of aromatic hydroxyl groups is 1. The lowest BCUT2D eigenvalue weighted by atomic mass is 9.85. The van der Waals surface area contributed by atoms with Gasteiger partial charge in [0.2, 0.25) is 0 Å². The molecule has 0 unspecified atom stereocenters. The minimum absolute atomic E-state index is 0.0404. The van der Waals surface area contributed by atoms with E-state index in [2.05, 4.69) is 0 Å². The van der Waals surface area contributed by atoms with E-state index in [1.54, 1.807) is 0 Å². The summed E-state index contributed by atoms with van der Waals surface area (Å²) in [5.74, 6) is -1.69. The average molecular weight is 460 g/mol. The first-order valence-corrected chi connectivity index (χ1v) is 10.1. The van der Waals surface area contributed by atoms with Gasteiger partial charge in [0.15, 0.2) is 18.4 Å². The number of hydrogen-bond donors (Lipinski definition) is 8. The fraction of sp³-hybridized carbons (Fsp3) is 0.650. The van der Waals surface area contributed by atoms with Crippen LogP contribution in [-0.4, -0.2) is 115 Å². The molecule has 0 aliphatic carbocycles. The Bertz CT molecular complexity index is 755. The normalized spacial score (nSPS) is 40.2. The lowest BCUT2D eigenvalue weighted by Crippen LogP contribution is -2.63. The Kier molecular flexibility index (Phi) is 8.16. The van der Waals surface area contributed by atoms with Crippen LogP contribution in [-0.2, 0) is 14.2 Å². The zero-order valence-corrected chi connectivity index (χ0v) is 16.9. The molecule has 0 aromatic heterocycles. The van der Waals surface area contributed by atoms with Gasteiger partial charge in [-0.3, -0.25) is 4.79 Å². The second-order valence-electron chi connectivity index (χ2n) is 7.87. The molecular formula is C20H28O12. The molecule has 0 radical (unpaired) electrons. The number of carbonyl (C=O) groups excluding carboxylic acids is 1. The minimum atomic E-state index is -1.76. The third-order valence-electron chi connectivity index (χ3n) is 5.75. The Morgan fingerprint density at radius 2 is 1.47 bits per heavy atom. The maximum atomic E-state index is 12.6. The summed E-state index contributed by atoms with van der Waals surface area (Å²) in [6, 6.07) is 5.37. The van der Waals surface area contributed by atoms with Crippen molar-refractivity contribution in [3.8, 4) is 5.75 Å². The molecule has 12 nitrogen and oxygen atoms in total. The molecule has 2 fully saturated rings. The van der Waals surface area contributed by atoms with Gasteiger partial charge in [-0.2, -0.15) is 0 Å². The Hall–Kier alpha value is -1.71. The van der Waals surface area contributed by atoms with Crippen molar-refractivity contribution in [1.82, 2.24) is 0 Å². The molecule has 180 valence electrons. The predicted octanol–water partition coefficient (Wildman–Crippen LogP) is -3.16. The number of phenolic OH excluding ortho intramolecular Hbond substituents is 1. The lowest BCUT2D eigenvalue weighted by molar-refractivity contribution is -0.350. The largest absolute Gasteiger partial charge is 0.508 e. The number of ether oxygens (including phenoxy) is 3. The van der Waals surface area contributed by atoms with Crippen molar-refractivity contribution in [2.75, 3.05) is 13.2 Å². The van der Waals surface area contributed by atoms with Gasteiger partial charge in [0.1, 0.15) is 42.4 Å². The highest BCUT2D eigenvalue weighted by molar-refractivity contribution is 5.96. The second kappa shape index (κ2) is 10.5. The molecule has 1 aromatic rings. The quantitative estimate of drug-likeness (QED) is 0.190. The fourth-order valence-corrected chi connectivity index (χ4v) is 3.84. The molecule has 2 saturated heterocycles. The molecule has 0 spiro atoms. The summed E-state index contributed by atoms with van der Waals surface area (Å²) in [5, 5.41) is 79.4. The number of rotatable bonds is 7. The number of Topliss-reactive ketones (excluding diaryl/α,β-unsaturated/α-hetero) is 1. The van der Waals surface area contributed by atoms with Crippen LogP contribution in [0.3, 0.4) is 0 Å². The zero-order valence-electron chi connectivity index (χ0n) is 16.9. The van der Waals surface area contributed by atoms with Crippen molar-refractivity contribution in [2.45, 2.75) is 61.7 Å². The minimum Gasteiger partial charge on any atom is -0.508 e. The summed E-state index contributed by atoms with van der Waals surface area (Å²) in [7, 11) is 0. The van der Waals surface area contributed by atoms with E-state index in [1.165, 1.54) is 24.3 Å². The molecule has 32 heavy (non-hydrogen) atoms. The van der Waals surface area contributed by atoms with Gasteiger partial charge >= 0.3 is 0 Å². The van der Waals surface area contributed by atoms with Gasteiger partial charge < -0.3 is 55.1 Å². The molecule has 0 saturated carbocycles. The van der Waals surface area contributed by atoms with E-state index in [0.29, 0.717) is 0 Å².